The van der Waals surface area contributed by atoms with E-state index >= 15 is 0 Å². The second kappa shape index (κ2) is 9.23. The fraction of sp³-hybridized carbons (Fsp3) is 0.148. The first-order valence-electron chi connectivity index (χ1n) is 11.1. The minimum atomic E-state index is -0.190. The second-order valence-electron chi connectivity index (χ2n) is 8.30. The van der Waals surface area contributed by atoms with Crippen molar-refractivity contribution >= 4 is 16.8 Å². The number of hydrogen-bond donors (Lipinski definition) is 1. The molecule has 0 bridgehead atoms. The van der Waals surface area contributed by atoms with Crippen LogP contribution in [0.15, 0.2) is 79.4 Å². The lowest BCUT2D eigenvalue weighted by Crippen LogP contribution is -2.23. The number of nitrogens with zero attached hydrogens (tertiary/aromatic N) is 5. The highest BCUT2D eigenvalue weighted by molar-refractivity contribution is 6.03. The van der Waals surface area contributed by atoms with E-state index in [1.807, 2.05) is 73.4 Å². The van der Waals surface area contributed by atoms with Crippen LogP contribution in [0.25, 0.3) is 22.2 Å². The first-order chi connectivity index (χ1) is 16.6. The van der Waals surface area contributed by atoms with Crippen molar-refractivity contribution < 1.29 is 4.79 Å². The summed E-state index contributed by atoms with van der Waals surface area (Å²) in [7, 11) is 0. The number of aromatic nitrogens is 5. The molecular formula is C27H24N6O. The number of carbonyl (C=O) groups is 1. The van der Waals surface area contributed by atoms with Gasteiger partial charge in [-0.3, -0.25) is 24.4 Å². The van der Waals surface area contributed by atoms with Gasteiger partial charge in [-0.1, -0.05) is 36.4 Å². The quantitative estimate of drug-likeness (QED) is 0.414. The number of hydrogen-bond acceptors (Lipinski definition) is 5. The zero-order valence-corrected chi connectivity index (χ0v) is 19.1. The highest BCUT2D eigenvalue weighted by atomic mass is 16.1. The predicted molar refractivity (Wildman–Crippen MR) is 131 cm³/mol. The van der Waals surface area contributed by atoms with Crippen molar-refractivity contribution in [1.82, 2.24) is 30.0 Å². The molecule has 0 radical (unpaired) electrons. The first kappa shape index (κ1) is 21.5. The van der Waals surface area contributed by atoms with Crippen LogP contribution in [0.4, 0.5) is 0 Å². The number of rotatable bonds is 6. The molecule has 7 heteroatoms. The molecule has 1 amide bonds. The van der Waals surface area contributed by atoms with Crippen molar-refractivity contribution in [2.24, 2.45) is 0 Å². The molecule has 3 aromatic heterocycles. The Balaban J connectivity index is 1.53. The molecule has 3 heterocycles. The molecule has 34 heavy (non-hydrogen) atoms. The van der Waals surface area contributed by atoms with Crippen LogP contribution in [-0.4, -0.2) is 30.6 Å². The van der Waals surface area contributed by atoms with E-state index in [4.69, 9.17) is 0 Å². The van der Waals surface area contributed by atoms with Gasteiger partial charge in [-0.2, -0.15) is 5.10 Å². The van der Waals surface area contributed by atoms with Gasteiger partial charge in [-0.25, -0.2) is 0 Å². The van der Waals surface area contributed by atoms with Crippen LogP contribution < -0.4 is 5.32 Å². The van der Waals surface area contributed by atoms with E-state index in [2.05, 4.69) is 37.5 Å². The number of carbonyl (C=O) groups excluding carboxylic acids is 1. The maximum absolute atomic E-state index is 13.1. The van der Waals surface area contributed by atoms with Crippen LogP contribution in [0.1, 0.15) is 32.9 Å². The van der Waals surface area contributed by atoms with E-state index in [1.165, 1.54) is 0 Å². The van der Waals surface area contributed by atoms with Crippen molar-refractivity contribution in [1.29, 1.82) is 0 Å². The summed E-state index contributed by atoms with van der Waals surface area (Å²) in [5, 5.41) is 8.54. The molecule has 5 aromatic rings. The molecule has 0 aliphatic heterocycles. The third-order valence-electron chi connectivity index (χ3n) is 5.65. The van der Waals surface area contributed by atoms with Crippen molar-refractivity contribution in [3.8, 4) is 11.3 Å². The van der Waals surface area contributed by atoms with Crippen molar-refractivity contribution in [3.05, 3.63) is 107 Å². The summed E-state index contributed by atoms with van der Waals surface area (Å²) in [5.41, 5.74) is 6.84. The van der Waals surface area contributed by atoms with Gasteiger partial charge in [0.1, 0.15) is 0 Å². The molecule has 0 saturated heterocycles. The van der Waals surface area contributed by atoms with Gasteiger partial charge in [-0.05, 0) is 43.2 Å². The van der Waals surface area contributed by atoms with Crippen LogP contribution in [0.5, 0.6) is 0 Å². The average Bonchev–Trinajstić information content (AvgIpc) is 3.26. The van der Waals surface area contributed by atoms with Crippen LogP contribution in [-0.2, 0) is 13.1 Å². The van der Waals surface area contributed by atoms with Gasteiger partial charge in [0.25, 0.3) is 5.91 Å². The number of pyridine rings is 1. The first-order valence-corrected chi connectivity index (χ1v) is 11.1. The molecule has 0 aliphatic carbocycles. The molecule has 2 aromatic carbocycles. The molecule has 7 nitrogen and oxygen atoms in total. The number of amides is 1. The lowest BCUT2D eigenvalue weighted by atomic mass is 10.0. The molecule has 168 valence electrons. The Morgan fingerprint density at radius 3 is 2.50 bits per heavy atom. The van der Waals surface area contributed by atoms with Crippen LogP contribution in [0.2, 0.25) is 0 Å². The molecule has 0 fully saturated rings. The van der Waals surface area contributed by atoms with Crippen molar-refractivity contribution in [2.75, 3.05) is 0 Å². The number of aryl methyl sites for hydroxylation is 2. The minimum Gasteiger partial charge on any atom is -0.346 e. The Labute approximate surface area is 197 Å². The molecule has 0 spiro atoms. The SMILES string of the molecule is Cc1ccc(-c2cc(C(=O)NCc3cnc(C)cn3)cc3c2cnn3Cc2ccccc2)nc1. The number of fused-ring (bicyclic) bond motifs is 1. The average molecular weight is 449 g/mol. The van der Waals surface area contributed by atoms with Gasteiger partial charge in [0, 0.05) is 28.9 Å². The van der Waals surface area contributed by atoms with Gasteiger partial charge in [0.15, 0.2) is 0 Å². The van der Waals surface area contributed by atoms with Gasteiger partial charge in [-0.15, -0.1) is 0 Å². The zero-order chi connectivity index (χ0) is 23.5. The monoisotopic (exact) mass is 448 g/mol. The van der Waals surface area contributed by atoms with Gasteiger partial charge >= 0.3 is 0 Å². The lowest BCUT2D eigenvalue weighted by Gasteiger charge is -2.11. The zero-order valence-electron chi connectivity index (χ0n) is 19.1. The standard InChI is InChI=1S/C27H24N6O/c1-18-8-9-25(30-12-18)23-10-21(27(34)31-15-22-14-28-19(2)13-29-22)11-26-24(23)16-32-33(26)17-20-6-4-3-5-7-20/h3-14,16H,15,17H2,1-2H3,(H,31,34). The fourth-order valence-corrected chi connectivity index (χ4v) is 3.81. The topological polar surface area (TPSA) is 85.6 Å². The lowest BCUT2D eigenvalue weighted by molar-refractivity contribution is 0.0950. The third-order valence-corrected chi connectivity index (χ3v) is 5.65. The summed E-state index contributed by atoms with van der Waals surface area (Å²) in [6.07, 6.45) is 7.04. The van der Waals surface area contributed by atoms with Crippen LogP contribution >= 0.6 is 0 Å². The van der Waals surface area contributed by atoms with Crippen LogP contribution in [0, 0.1) is 13.8 Å². The van der Waals surface area contributed by atoms with Gasteiger partial charge in [0.2, 0.25) is 0 Å². The molecular weight excluding hydrogens is 424 g/mol. The summed E-state index contributed by atoms with van der Waals surface area (Å²) in [6.45, 7) is 4.78. The highest BCUT2D eigenvalue weighted by Crippen LogP contribution is 2.30. The molecule has 0 saturated carbocycles. The Bertz CT molecular complexity index is 1440. The normalized spacial score (nSPS) is 11.0. The van der Waals surface area contributed by atoms with E-state index in [0.29, 0.717) is 24.3 Å². The molecule has 0 unspecified atom stereocenters. The van der Waals surface area contributed by atoms with Crippen LogP contribution in [0.3, 0.4) is 0 Å². The van der Waals surface area contributed by atoms with E-state index in [1.54, 1.807) is 12.4 Å². The Morgan fingerprint density at radius 1 is 0.912 bits per heavy atom. The minimum absolute atomic E-state index is 0.190. The number of benzene rings is 2. The third kappa shape index (κ3) is 4.54. The van der Waals surface area contributed by atoms with Crippen molar-refractivity contribution in [2.45, 2.75) is 26.9 Å². The summed E-state index contributed by atoms with van der Waals surface area (Å²) in [5.74, 6) is -0.190. The smallest absolute Gasteiger partial charge is 0.251 e. The molecule has 1 N–H and O–H groups in total. The Kier molecular flexibility index (Phi) is 5.82. The van der Waals surface area contributed by atoms with Crippen molar-refractivity contribution in [3.63, 3.8) is 0 Å². The predicted octanol–water partition coefficient (Wildman–Crippen LogP) is 4.48. The van der Waals surface area contributed by atoms with E-state index in [-0.39, 0.29) is 5.91 Å². The van der Waals surface area contributed by atoms with E-state index in [9.17, 15) is 4.79 Å². The molecule has 5 rings (SSSR count). The Hall–Kier alpha value is -4.39. The van der Waals surface area contributed by atoms with E-state index in [0.717, 1.165) is 39.0 Å². The summed E-state index contributed by atoms with van der Waals surface area (Å²) in [4.78, 5) is 26.3. The van der Waals surface area contributed by atoms with Gasteiger partial charge in [0.05, 0.1) is 48.1 Å². The van der Waals surface area contributed by atoms with Gasteiger partial charge < -0.3 is 5.32 Å². The largest absolute Gasteiger partial charge is 0.346 e. The summed E-state index contributed by atoms with van der Waals surface area (Å²) >= 11 is 0. The number of nitrogens with one attached hydrogen (secondary N) is 1. The van der Waals surface area contributed by atoms with E-state index < -0.39 is 0 Å². The highest BCUT2D eigenvalue weighted by Gasteiger charge is 2.16. The Morgan fingerprint density at radius 2 is 1.76 bits per heavy atom. The fourth-order valence-electron chi connectivity index (χ4n) is 3.81. The molecule has 0 atom stereocenters. The molecule has 0 aliphatic rings. The second-order valence-corrected chi connectivity index (χ2v) is 8.30. The summed E-state index contributed by atoms with van der Waals surface area (Å²) < 4.78 is 1.92. The summed E-state index contributed by atoms with van der Waals surface area (Å²) in [6, 6.07) is 17.9. The maximum Gasteiger partial charge on any atom is 0.251 e. The maximum atomic E-state index is 13.1.